The molecule has 0 saturated heterocycles. The van der Waals surface area contributed by atoms with Crippen molar-refractivity contribution in [1.82, 2.24) is 0 Å². The van der Waals surface area contributed by atoms with Gasteiger partial charge in [-0.25, -0.2) is 0 Å². The van der Waals surface area contributed by atoms with Gasteiger partial charge in [0, 0.05) is 45.6 Å². The maximum absolute atomic E-state index is 2.85. The molecule has 3 aliphatic carbocycles. The van der Waals surface area contributed by atoms with E-state index >= 15 is 0 Å². The number of unbranched alkanes of at least 4 members (excludes halogenated alkanes) is 36. The fraction of sp³-hybridized carbons (Fsp3) is 0.565. The second kappa shape index (κ2) is 38.6. The molecule has 0 amide bonds. The monoisotopic (exact) mass is 1360 g/mol. The van der Waals surface area contributed by atoms with Crippen molar-refractivity contribution in [2.45, 2.75) is 326 Å². The van der Waals surface area contributed by atoms with Gasteiger partial charge in [0.05, 0.1) is 15.5 Å². The summed E-state index contributed by atoms with van der Waals surface area (Å²) in [5.74, 6) is 1.13. The van der Waals surface area contributed by atoms with Crippen LogP contribution in [0.5, 0.6) is 0 Å². The molecule has 4 heterocycles. The summed E-state index contributed by atoms with van der Waals surface area (Å²) in [5.41, 5.74) is 16.9. The van der Waals surface area contributed by atoms with Gasteiger partial charge in [0.2, 0.25) is 0 Å². The Balaban J connectivity index is 0.994. The quantitative estimate of drug-likeness (QED) is 0.0343. The summed E-state index contributed by atoms with van der Waals surface area (Å²) >= 11 is 8.27. The molecule has 1 saturated carbocycles. The number of thioether (sulfide) groups is 1. The van der Waals surface area contributed by atoms with Crippen molar-refractivity contribution in [2.24, 2.45) is 5.92 Å². The van der Waals surface area contributed by atoms with Gasteiger partial charge in [-0.15, -0.1) is 45.8 Å². The summed E-state index contributed by atoms with van der Waals surface area (Å²) in [4.78, 5) is 1.51. The third-order valence-electron chi connectivity index (χ3n) is 23.0. The summed E-state index contributed by atoms with van der Waals surface area (Å²) < 4.78 is 7.45. The molecule has 0 radical (unpaired) electrons. The highest BCUT2D eigenvalue weighted by molar-refractivity contribution is 8.00. The predicted molar refractivity (Wildman–Crippen MR) is 430 cm³/mol. The first-order chi connectivity index (χ1) is 47.5. The minimum Gasteiger partial charge on any atom is -0.142 e. The zero-order valence-corrected chi connectivity index (χ0v) is 63.9. The molecule has 0 N–H and O–H groups in total. The number of hydrogen-bond acceptors (Lipinski definition) is 4. The number of allylic oxidation sites excluding steroid dienone is 1. The van der Waals surface area contributed by atoms with Crippen LogP contribution in [0.3, 0.4) is 0 Å². The normalized spacial score (nSPS) is 15.6. The molecule has 96 heavy (non-hydrogen) atoms. The van der Waals surface area contributed by atoms with Crippen LogP contribution in [0, 0.1) is 5.92 Å². The molecule has 4 heteroatoms. The van der Waals surface area contributed by atoms with Gasteiger partial charge in [-0.1, -0.05) is 368 Å². The lowest BCUT2D eigenvalue weighted by Gasteiger charge is -2.55. The van der Waals surface area contributed by atoms with Crippen LogP contribution in [0.2, 0.25) is 0 Å². The van der Waals surface area contributed by atoms with Crippen molar-refractivity contribution in [3.05, 3.63) is 183 Å². The topological polar surface area (TPSA) is 0 Å². The minimum atomic E-state index is -0.535. The summed E-state index contributed by atoms with van der Waals surface area (Å²) in [7, 11) is 0. The molecule has 1 unspecified atom stereocenters. The van der Waals surface area contributed by atoms with Crippen LogP contribution in [0.15, 0.2) is 119 Å². The highest BCUT2D eigenvalue weighted by atomic mass is 32.2. The Morgan fingerprint density at radius 3 is 1.10 bits per heavy atom. The van der Waals surface area contributed by atoms with Crippen LogP contribution < -0.4 is 18.8 Å². The molecule has 1 aliphatic heterocycles. The number of benzene rings is 4. The molecule has 3 aromatic heterocycles. The highest BCUT2D eigenvalue weighted by Gasteiger charge is 2.63. The van der Waals surface area contributed by atoms with E-state index in [4.69, 9.17) is 0 Å². The number of hydrogen-bond donors (Lipinski definition) is 0. The van der Waals surface area contributed by atoms with Gasteiger partial charge in [0.1, 0.15) is 0 Å². The molecular weight excluding hydrogens is 1230 g/mol. The third kappa shape index (κ3) is 17.7. The third-order valence-corrected chi connectivity index (χ3v) is 27.7. The Kier molecular flexibility index (Phi) is 29.3. The summed E-state index contributed by atoms with van der Waals surface area (Å²) in [5, 5.41) is 3.85. The zero-order chi connectivity index (χ0) is 66.0. The van der Waals surface area contributed by atoms with Crippen LogP contribution in [0.4, 0.5) is 0 Å². The predicted octanol–water partition coefficient (Wildman–Crippen LogP) is 26.6. The van der Waals surface area contributed by atoms with E-state index in [1.807, 2.05) is 11.3 Å². The maximum Gasteiger partial charge on any atom is 0.0688 e. The largest absolute Gasteiger partial charge is 0.142 e. The van der Waals surface area contributed by atoms with Gasteiger partial charge in [0.25, 0.3) is 0 Å². The van der Waals surface area contributed by atoms with Crippen molar-refractivity contribution < 1.29 is 0 Å². The van der Waals surface area contributed by atoms with Crippen LogP contribution >= 0.6 is 45.8 Å². The second-order valence-electron chi connectivity index (χ2n) is 30.1. The molecule has 4 aliphatic rings. The Morgan fingerprint density at radius 1 is 0.375 bits per heavy atom. The first-order valence-corrected chi connectivity index (χ1v) is 43.9. The van der Waals surface area contributed by atoms with Gasteiger partial charge in [-0.05, 0) is 130 Å². The first-order valence-electron chi connectivity index (χ1n) is 40.4. The fourth-order valence-corrected chi connectivity index (χ4v) is 22.6. The van der Waals surface area contributed by atoms with Crippen molar-refractivity contribution >= 4 is 84.5 Å². The molecule has 0 spiro atoms. The minimum absolute atomic E-state index is 0.0650. The highest BCUT2D eigenvalue weighted by Crippen LogP contribution is 2.68. The van der Waals surface area contributed by atoms with Gasteiger partial charge in [-0.3, -0.25) is 0 Å². The number of thiophene rings is 3. The van der Waals surface area contributed by atoms with Gasteiger partial charge >= 0.3 is 0 Å². The molecule has 7 aromatic rings. The molecule has 0 bridgehead atoms. The van der Waals surface area contributed by atoms with Crippen LogP contribution in [-0.2, 0) is 36.5 Å². The lowest BCUT2D eigenvalue weighted by molar-refractivity contribution is 0.526. The zero-order valence-electron chi connectivity index (χ0n) is 60.7. The molecule has 11 rings (SSSR count). The molecule has 0 nitrogen and oxygen atoms in total. The fourth-order valence-electron chi connectivity index (χ4n) is 17.5. The van der Waals surface area contributed by atoms with E-state index in [1.165, 1.54) is 346 Å². The van der Waals surface area contributed by atoms with E-state index in [2.05, 4.69) is 189 Å². The van der Waals surface area contributed by atoms with Gasteiger partial charge in [0.15, 0.2) is 0 Å². The maximum atomic E-state index is 2.85. The van der Waals surface area contributed by atoms with Gasteiger partial charge in [-0.2, -0.15) is 0 Å². The van der Waals surface area contributed by atoms with E-state index in [0.29, 0.717) is 0 Å². The Morgan fingerprint density at radius 2 is 0.729 bits per heavy atom. The summed E-state index contributed by atoms with van der Waals surface area (Å²) in [6.45, 7) is 9.32. The Hall–Kier alpha value is -4.19. The number of rotatable bonds is 48. The lowest BCUT2D eigenvalue weighted by atomic mass is 9.46. The van der Waals surface area contributed by atoms with Crippen molar-refractivity contribution in [3.8, 4) is 0 Å². The van der Waals surface area contributed by atoms with E-state index in [-0.39, 0.29) is 5.92 Å². The van der Waals surface area contributed by atoms with Crippen LogP contribution in [-0.4, -0.2) is 5.75 Å². The molecule has 516 valence electrons. The SMILES string of the molecule is CCCCCCCCCCCCc1ccc(C2(c3ccc(CCCCCCCCCCCC)cc3)C3=Cc4c5c(sc4=C3C(c3ccc(CCCCCCCCCCCC)cc3)(c3ccc(CCCCCCCCCCCC)cc3)C3C=c4c(sc6ccsc46)=C32)=CCS5)cc1. The lowest BCUT2D eigenvalue weighted by Crippen LogP contribution is -2.52. The Labute approximate surface area is 600 Å². The number of fused-ring (bicyclic) bond motifs is 8. The smallest absolute Gasteiger partial charge is 0.0688 e. The molecule has 4 aromatic carbocycles. The van der Waals surface area contributed by atoms with Crippen molar-refractivity contribution in [3.63, 3.8) is 0 Å². The van der Waals surface area contributed by atoms with E-state index in [1.54, 1.807) is 11.1 Å². The summed E-state index contributed by atoms with van der Waals surface area (Å²) in [6, 6.07) is 44.1. The van der Waals surface area contributed by atoms with E-state index in [9.17, 15) is 0 Å². The Bertz CT molecular complexity index is 3590. The second-order valence-corrected chi connectivity index (χ2v) is 34.1. The first kappa shape index (κ1) is 73.0. The van der Waals surface area contributed by atoms with Crippen molar-refractivity contribution in [1.29, 1.82) is 0 Å². The molecular formula is C92H124S4. The average molecular weight is 1360 g/mol. The molecule has 1 atom stereocenters. The van der Waals surface area contributed by atoms with Crippen LogP contribution in [0.25, 0.3) is 38.8 Å². The standard InChI is InChI=1S/C92H124S4/c1-5-9-13-17-21-25-29-33-37-41-45-71-49-57-75(58-50-71)91(76-59-51-72(52-60-76)46-42-38-34-30-26-22-18-14-10-6-2)81-69-79-87-84(66-68-93-87)96-90(79)86(81)92(82-70-80-88-83(65-67-94-88)95-89(80)85(82)91,77-61-53-73(54-62-77)47-43-39-35-31-27-23-19-15-11-7-3)78-63-55-74(56-64-78)48-44-40-36-32-28-24-20-16-12-8-4/h49-67,69-70,82H,5-48,68H2,1-4H3. The summed E-state index contributed by atoms with van der Waals surface area (Å²) in [6.07, 6.45) is 67.7. The van der Waals surface area contributed by atoms with E-state index < -0.39 is 10.8 Å². The molecule has 1 fully saturated rings. The number of aryl methyl sites for hydroxylation is 4. The van der Waals surface area contributed by atoms with E-state index in [0.717, 1.165) is 31.4 Å². The average Bonchev–Trinajstić information content (AvgIpc) is 1.45. The van der Waals surface area contributed by atoms with Crippen molar-refractivity contribution in [2.75, 3.05) is 5.75 Å². The van der Waals surface area contributed by atoms with Gasteiger partial charge < -0.3 is 0 Å². The van der Waals surface area contributed by atoms with Crippen LogP contribution in [0.1, 0.15) is 335 Å².